The molecular weight excluding hydrogens is 323 g/mol. The second kappa shape index (κ2) is 6.22. The van der Waals surface area contributed by atoms with Crippen LogP contribution in [0.2, 0.25) is 0 Å². The number of carbonyl (C=O) groups excluding carboxylic acids is 1. The first-order chi connectivity index (χ1) is 12.0. The van der Waals surface area contributed by atoms with Crippen LogP contribution in [0.5, 0.6) is 0 Å². The molecule has 6 nitrogen and oxygen atoms in total. The summed E-state index contributed by atoms with van der Waals surface area (Å²) < 4.78 is 15.3. The maximum Gasteiger partial charge on any atom is 0.253 e. The van der Waals surface area contributed by atoms with E-state index in [0.29, 0.717) is 31.0 Å². The molecule has 1 saturated heterocycles. The van der Waals surface area contributed by atoms with E-state index in [1.54, 1.807) is 28.9 Å². The predicted molar refractivity (Wildman–Crippen MR) is 88.3 cm³/mol. The van der Waals surface area contributed by atoms with Crippen LogP contribution in [0.15, 0.2) is 30.9 Å². The molecule has 1 saturated carbocycles. The Morgan fingerprint density at radius 1 is 1.24 bits per heavy atom. The minimum absolute atomic E-state index is 0.102. The lowest BCUT2D eigenvalue weighted by Crippen LogP contribution is -2.36. The van der Waals surface area contributed by atoms with Crippen molar-refractivity contribution >= 4 is 5.91 Å². The minimum atomic E-state index is -0.491. The Hall–Kier alpha value is -2.28. The molecule has 0 spiro atoms. The van der Waals surface area contributed by atoms with Gasteiger partial charge in [0.25, 0.3) is 5.91 Å². The third kappa shape index (κ3) is 3.04. The van der Waals surface area contributed by atoms with Gasteiger partial charge in [-0.2, -0.15) is 5.10 Å². The predicted octanol–water partition coefficient (Wildman–Crippen LogP) is 1.81. The molecule has 1 N–H and O–H groups in total. The average Bonchev–Trinajstić information content (AvgIpc) is 3.21. The van der Waals surface area contributed by atoms with E-state index in [-0.39, 0.29) is 23.7 Å². The first-order valence-corrected chi connectivity index (χ1v) is 8.60. The Morgan fingerprint density at radius 3 is 2.68 bits per heavy atom. The zero-order valence-corrected chi connectivity index (χ0v) is 14.0. The van der Waals surface area contributed by atoms with E-state index < -0.39 is 6.10 Å². The molecule has 4 atom stereocenters. The van der Waals surface area contributed by atoms with Crippen LogP contribution in [-0.4, -0.2) is 49.9 Å². The molecule has 2 fully saturated rings. The van der Waals surface area contributed by atoms with Crippen molar-refractivity contribution in [3.8, 4) is 0 Å². The lowest BCUT2D eigenvalue weighted by Gasteiger charge is -2.34. The normalized spacial score (nSPS) is 28.8. The van der Waals surface area contributed by atoms with Crippen molar-refractivity contribution in [2.24, 2.45) is 11.8 Å². The van der Waals surface area contributed by atoms with Crippen LogP contribution in [0.3, 0.4) is 0 Å². The summed E-state index contributed by atoms with van der Waals surface area (Å²) in [6.45, 7) is 3.03. The molecule has 4 rings (SSSR count). The summed E-state index contributed by atoms with van der Waals surface area (Å²) >= 11 is 0. The van der Waals surface area contributed by atoms with Gasteiger partial charge in [0, 0.05) is 18.7 Å². The molecule has 2 aromatic rings. The number of hydrogen-bond acceptors (Lipinski definition) is 4. The molecular formula is C18H21FN4O2. The first kappa shape index (κ1) is 16.2. The molecule has 1 aliphatic heterocycles. The summed E-state index contributed by atoms with van der Waals surface area (Å²) in [5.74, 6) is 0.0648. The summed E-state index contributed by atoms with van der Waals surface area (Å²) in [6.07, 6.45) is 4.01. The molecule has 0 bridgehead atoms. The Labute approximate surface area is 145 Å². The Morgan fingerprint density at radius 2 is 2.00 bits per heavy atom. The van der Waals surface area contributed by atoms with Crippen molar-refractivity contribution in [2.45, 2.75) is 31.9 Å². The standard InChI is InChI=1S/C18H21FN4O2/c1-11-2-12(4-15(19)3-11)18(25)22-7-13-5-16(23-10-20-9-21-23)17(24)6-14(13)8-22/h2-4,9-10,13-14,16-17,24H,5-8H2,1H3/t13-,14+,16-,17-/m1/s1. The van der Waals surface area contributed by atoms with E-state index in [1.807, 2.05) is 0 Å². The number of aliphatic hydroxyl groups is 1. The topological polar surface area (TPSA) is 71.2 Å². The number of likely N-dealkylation sites (tertiary alicyclic amines) is 1. The minimum Gasteiger partial charge on any atom is -0.391 e. The van der Waals surface area contributed by atoms with Crippen molar-refractivity contribution < 1.29 is 14.3 Å². The van der Waals surface area contributed by atoms with Gasteiger partial charge in [-0.25, -0.2) is 14.1 Å². The highest BCUT2D eigenvalue weighted by Gasteiger charge is 2.44. The SMILES string of the molecule is Cc1cc(F)cc(C(=O)N2C[C@H]3C[C@@H](n4cncn4)[C@H](O)C[C@H]3C2)c1. The average molecular weight is 344 g/mol. The lowest BCUT2D eigenvalue weighted by molar-refractivity contribution is 0.0304. The molecule has 7 heteroatoms. The summed E-state index contributed by atoms with van der Waals surface area (Å²) in [5.41, 5.74) is 1.13. The number of nitrogens with zero attached hydrogens (tertiary/aromatic N) is 4. The smallest absolute Gasteiger partial charge is 0.253 e. The number of aryl methyl sites for hydroxylation is 1. The van der Waals surface area contributed by atoms with Crippen LogP contribution in [0.25, 0.3) is 0 Å². The van der Waals surface area contributed by atoms with Gasteiger partial charge in [0.1, 0.15) is 18.5 Å². The van der Waals surface area contributed by atoms with E-state index in [4.69, 9.17) is 0 Å². The number of rotatable bonds is 2. The molecule has 25 heavy (non-hydrogen) atoms. The third-order valence-electron chi connectivity index (χ3n) is 5.46. The zero-order chi connectivity index (χ0) is 17.6. The lowest BCUT2D eigenvalue weighted by atomic mass is 9.77. The number of aromatic nitrogens is 3. The zero-order valence-electron chi connectivity index (χ0n) is 14.0. The Bertz CT molecular complexity index is 759. The van der Waals surface area contributed by atoms with Crippen LogP contribution in [0.4, 0.5) is 4.39 Å². The van der Waals surface area contributed by atoms with Gasteiger partial charge in [-0.3, -0.25) is 4.79 Å². The highest BCUT2D eigenvalue weighted by atomic mass is 19.1. The summed E-state index contributed by atoms with van der Waals surface area (Å²) in [4.78, 5) is 18.5. The number of benzene rings is 1. The number of carbonyl (C=O) groups is 1. The Kier molecular flexibility index (Phi) is 4.03. The van der Waals surface area contributed by atoms with Crippen molar-refractivity contribution in [1.29, 1.82) is 0 Å². The summed E-state index contributed by atoms with van der Waals surface area (Å²) in [6, 6.07) is 4.33. The highest BCUT2D eigenvalue weighted by molar-refractivity contribution is 5.94. The molecule has 132 valence electrons. The maximum absolute atomic E-state index is 13.6. The number of hydrogen-bond donors (Lipinski definition) is 1. The monoisotopic (exact) mass is 344 g/mol. The molecule has 1 aromatic carbocycles. The number of amides is 1. The van der Waals surface area contributed by atoms with E-state index in [0.717, 1.165) is 12.0 Å². The van der Waals surface area contributed by atoms with Crippen LogP contribution in [0.1, 0.15) is 34.8 Å². The molecule has 2 aliphatic rings. The number of aliphatic hydroxyl groups excluding tert-OH is 1. The van der Waals surface area contributed by atoms with Crippen molar-refractivity contribution in [1.82, 2.24) is 19.7 Å². The van der Waals surface area contributed by atoms with Crippen LogP contribution in [-0.2, 0) is 0 Å². The van der Waals surface area contributed by atoms with E-state index in [1.165, 1.54) is 18.5 Å². The van der Waals surface area contributed by atoms with E-state index >= 15 is 0 Å². The number of fused-ring (bicyclic) bond motifs is 1. The molecule has 0 unspecified atom stereocenters. The van der Waals surface area contributed by atoms with E-state index in [9.17, 15) is 14.3 Å². The fourth-order valence-corrected chi connectivity index (χ4v) is 4.29. The van der Waals surface area contributed by atoms with Gasteiger partial charge >= 0.3 is 0 Å². The second-order valence-electron chi connectivity index (χ2n) is 7.23. The largest absolute Gasteiger partial charge is 0.391 e. The second-order valence-corrected chi connectivity index (χ2v) is 7.23. The molecule has 1 aromatic heterocycles. The molecule has 1 amide bonds. The van der Waals surface area contributed by atoms with Crippen molar-refractivity contribution in [2.75, 3.05) is 13.1 Å². The number of halogens is 1. The molecule has 1 aliphatic carbocycles. The Balaban J connectivity index is 1.50. The highest BCUT2D eigenvalue weighted by Crippen LogP contribution is 2.41. The molecule has 2 heterocycles. The van der Waals surface area contributed by atoms with Gasteiger partial charge in [-0.05, 0) is 55.4 Å². The van der Waals surface area contributed by atoms with Gasteiger partial charge in [0.15, 0.2) is 0 Å². The fourth-order valence-electron chi connectivity index (χ4n) is 4.29. The van der Waals surface area contributed by atoms with Crippen molar-refractivity contribution in [3.63, 3.8) is 0 Å². The third-order valence-corrected chi connectivity index (χ3v) is 5.46. The summed E-state index contributed by atoms with van der Waals surface area (Å²) in [5, 5.41) is 14.6. The quantitative estimate of drug-likeness (QED) is 0.902. The first-order valence-electron chi connectivity index (χ1n) is 8.60. The summed E-state index contributed by atoms with van der Waals surface area (Å²) in [7, 11) is 0. The van der Waals surface area contributed by atoms with Gasteiger partial charge in [-0.1, -0.05) is 0 Å². The van der Waals surface area contributed by atoms with Gasteiger partial charge in [0.2, 0.25) is 0 Å². The van der Waals surface area contributed by atoms with Gasteiger partial charge in [0.05, 0.1) is 12.1 Å². The van der Waals surface area contributed by atoms with Gasteiger partial charge in [-0.15, -0.1) is 0 Å². The maximum atomic E-state index is 13.6. The van der Waals surface area contributed by atoms with Crippen LogP contribution >= 0.6 is 0 Å². The van der Waals surface area contributed by atoms with Crippen LogP contribution < -0.4 is 0 Å². The van der Waals surface area contributed by atoms with Crippen LogP contribution in [0, 0.1) is 24.6 Å². The van der Waals surface area contributed by atoms with E-state index in [2.05, 4.69) is 10.1 Å². The van der Waals surface area contributed by atoms with Gasteiger partial charge < -0.3 is 10.0 Å². The van der Waals surface area contributed by atoms with Crippen molar-refractivity contribution in [3.05, 3.63) is 47.8 Å². The molecule has 0 radical (unpaired) electrons. The fraction of sp³-hybridized carbons (Fsp3) is 0.500.